The minimum Gasteiger partial charge on any atom is -0.457 e. The van der Waals surface area contributed by atoms with Gasteiger partial charge in [-0.05, 0) is 34.4 Å². The van der Waals surface area contributed by atoms with Gasteiger partial charge in [-0.1, -0.05) is 103 Å². The molecule has 0 spiro atoms. The van der Waals surface area contributed by atoms with E-state index in [0.29, 0.717) is 5.56 Å². The van der Waals surface area contributed by atoms with Crippen molar-refractivity contribution < 1.29 is 9.53 Å². The van der Waals surface area contributed by atoms with Crippen molar-refractivity contribution in [1.29, 1.82) is 0 Å². The van der Waals surface area contributed by atoms with E-state index in [1.165, 1.54) is 11.1 Å². The quantitative estimate of drug-likeness (QED) is 0.294. The summed E-state index contributed by atoms with van der Waals surface area (Å²) in [4.78, 5) is 12.4. The molecule has 0 aromatic heterocycles. The molecule has 4 aromatic carbocycles. The number of benzene rings is 4. The third-order valence-corrected chi connectivity index (χ3v) is 4.96. The first kappa shape index (κ1) is 18.7. The number of hydrogen-bond donors (Lipinski definition) is 0. The summed E-state index contributed by atoms with van der Waals surface area (Å²) in [6.07, 6.45) is 0. The lowest BCUT2D eigenvalue weighted by atomic mass is 9.85. The molecule has 0 heterocycles. The van der Waals surface area contributed by atoms with E-state index < -0.39 is 0 Å². The monoisotopic (exact) mass is 378 g/mol. The fourth-order valence-electron chi connectivity index (χ4n) is 3.49. The Bertz CT molecular complexity index is 1000. The minimum atomic E-state index is -0.309. The first-order valence-corrected chi connectivity index (χ1v) is 9.72. The lowest BCUT2D eigenvalue weighted by Crippen LogP contribution is -2.07. The largest absolute Gasteiger partial charge is 0.457 e. The van der Waals surface area contributed by atoms with Crippen molar-refractivity contribution in [2.45, 2.75) is 12.5 Å². The molecule has 0 unspecified atom stereocenters. The topological polar surface area (TPSA) is 26.3 Å². The highest BCUT2D eigenvalue weighted by molar-refractivity contribution is 5.89. The Hall–Kier alpha value is -3.65. The third-order valence-electron chi connectivity index (χ3n) is 4.96. The van der Waals surface area contributed by atoms with Crippen LogP contribution in [0.15, 0.2) is 115 Å². The summed E-state index contributed by atoms with van der Waals surface area (Å²) in [5.74, 6) is -0.192. The first-order chi connectivity index (χ1) is 14.3. The SMILES string of the molecule is O=C(OCc1ccccc1)c1ccc(C(c2ccccc2)c2ccccc2)cc1. The molecule has 0 fully saturated rings. The zero-order chi connectivity index (χ0) is 19.9. The van der Waals surface area contributed by atoms with Gasteiger partial charge < -0.3 is 4.74 Å². The van der Waals surface area contributed by atoms with Gasteiger partial charge in [0.15, 0.2) is 0 Å². The van der Waals surface area contributed by atoms with Crippen LogP contribution in [-0.4, -0.2) is 5.97 Å². The summed E-state index contributed by atoms with van der Waals surface area (Å²) < 4.78 is 5.44. The Morgan fingerprint density at radius 2 is 1.03 bits per heavy atom. The van der Waals surface area contributed by atoms with Crippen molar-refractivity contribution in [3.63, 3.8) is 0 Å². The van der Waals surface area contributed by atoms with Crippen LogP contribution in [0.4, 0.5) is 0 Å². The van der Waals surface area contributed by atoms with Crippen molar-refractivity contribution >= 4 is 5.97 Å². The maximum absolute atomic E-state index is 12.4. The number of carbonyl (C=O) groups excluding carboxylic acids is 1. The molecule has 4 aromatic rings. The molecule has 0 aliphatic carbocycles. The summed E-state index contributed by atoms with van der Waals surface area (Å²) >= 11 is 0. The predicted molar refractivity (Wildman–Crippen MR) is 116 cm³/mol. The van der Waals surface area contributed by atoms with Crippen LogP contribution in [0.1, 0.15) is 38.5 Å². The third kappa shape index (κ3) is 4.61. The first-order valence-electron chi connectivity index (χ1n) is 9.72. The zero-order valence-electron chi connectivity index (χ0n) is 16.1. The molecule has 29 heavy (non-hydrogen) atoms. The van der Waals surface area contributed by atoms with Gasteiger partial charge in [-0.25, -0.2) is 4.79 Å². The number of hydrogen-bond acceptors (Lipinski definition) is 2. The molecule has 0 saturated heterocycles. The number of ether oxygens (including phenoxy) is 1. The molecule has 4 rings (SSSR count). The molecule has 0 amide bonds. The molecule has 0 aliphatic heterocycles. The molecule has 0 aliphatic rings. The van der Waals surface area contributed by atoms with Crippen molar-refractivity contribution in [1.82, 2.24) is 0 Å². The van der Waals surface area contributed by atoms with Crippen LogP contribution < -0.4 is 0 Å². The predicted octanol–water partition coefficient (Wildman–Crippen LogP) is 6.22. The highest BCUT2D eigenvalue weighted by Gasteiger charge is 2.17. The molecule has 0 radical (unpaired) electrons. The smallest absolute Gasteiger partial charge is 0.338 e. The highest BCUT2D eigenvalue weighted by atomic mass is 16.5. The maximum Gasteiger partial charge on any atom is 0.338 e. The van der Waals surface area contributed by atoms with Crippen molar-refractivity contribution in [2.24, 2.45) is 0 Å². The normalized spacial score (nSPS) is 10.7. The fourth-order valence-corrected chi connectivity index (χ4v) is 3.49. The number of esters is 1. The summed E-state index contributed by atoms with van der Waals surface area (Å²) in [7, 11) is 0. The van der Waals surface area contributed by atoms with Crippen LogP contribution in [-0.2, 0) is 11.3 Å². The molecule has 0 bridgehead atoms. The summed E-state index contributed by atoms with van der Waals surface area (Å²) in [5, 5.41) is 0. The number of rotatable bonds is 6. The highest BCUT2D eigenvalue weighted by Crippen LogP contribution is 2.31. The Kier molecular flexibility index (Phi) is 5.82. The molecular formula is C27H22O2. The Morgan fingerprint density at radius 3 is 1.55 bits per heavy atom. The zero-order valence-corrected chi connectivity index (χ0v) is 16.1. The second-order valence-corrected chi connectivity index (χ2v) is 6.94. The van der Waals surface area contributed by atoms with Crippen LogP contribution >= 0.6 is 0 Å². The van der Waals surface area contributed by atoms with E-state index in [1.54, 1.807) is 0 Å². The van der Waals surface area contributed by atoms with E-state index in [2.05, 4.69) is 48.5 Å². The molecular weight excluding hydrogens is 356 g/mol. The van der Waals surface area contributed by atoms with Gasteiger partial charge in [-0.3, -0.25) is 0 Å². The van der Waals surface area contributed by atoms with E-state index in [4.69, 9.17) is 4.74 Å². The van der Waals surface area contributed by atoms with E-state index in [-0.39, 0.29) is 18.5 Å². The Morgan fingerprint density at radius 1 is 0.586 bits per heavy atom. The lowest BCUT2D eigenvalue weighted by Gasteiger charge is -2.19. The molecule has 0 saturated carbocycles. The van der Waals surface area contributed by atoms with E-state index in [1.807, 2.05) is 66.7 Å². The van der Waals surface area contributed by atoms with Gasteiger partial charge in [0.05, 0.1) is 5.56 Å². The maximum atomic E-state index is 12.4. The van der Waals surface area contributed by atoms with E-state index >= 15 is 0 Å². The van der Waals surface area contributed by atoms with Gasteiger partial charge >= 0.3 is 5.97 Å². The van der Waals surface area contributed by atoms with Crippen LogP contribution in [0, 0.1) is 0 Å². The fraction of sp³-hybridized carbons (Fsp3) is 0.0741. The van der Waals surface area contributed by atoms with Crippen LogP contribution in [0.25, 0.3) is 0 Å². The summed E-state index contributed by atoms with van der Waals surface area (Å²) in [5.41, 5.74) is 5.12. The minimum absolute atomic E-state index is 0.117. The van der Waals surface area contributed by atoms with Gasteiger partial charge in [-0.2, -0.15) is 0 Å². The molecule has 0 N–H and O–H groups in total. The molecule has 0 atom stereocenters. The van der Waals surface area contributed by atoms with Gasteiger partial charge in [0, 0.05) is 5.92 Å². The average Bonchev–Trinajstić information content (AvgIpc) is 2.80. The lowest BCUT2D eigenvalue weighted by molar-refractivity contribution is 0.0472. The Balaban J connectivity index is 1.55. The van der Waals surface area contributed by atoms with Gasteiger partial charge in [0.2, 0.25) is 0 Å². The summed E-state index contributed by atoms with van der Waals surface area (Å²) in [6, 6.07) is 38.3. The standard InChI is InChI=1S/C27H22O2/c28-27(29-20-21-10-4-1-5-11-21)25-18-16-24(17-19-25)26(22-12-6-2-7-13-22)23-14-8-3-9-15-23/h1-19,26H,20H2. The molecule has 142 valence electrons. The number of carbonyl (C=O) groups is 1. The second kappa shape index (κ2) is 9.03. The Labute approximate surface area is 171 Å². The molecule has 2 nitrogen and oxygen atoms in total. The van der Waals surface area contributed by atoms with Crippen molar-refractivity contribution in [2.75, 3.05) is 0 Å². The van der Waals surface area contributed by atoms with Gasteiger partial charge in [0.25, 0.3) is 0 Å². The van der Waals surface area contributed by atoms with E-state index in [9.17, 15) is 4.79 Å². The van der Waals surface area contributed by atoms with Crippen molar-refractivity contribution in [3.05, 3.63) is 143 Å². The van der Waals surface area contributed by atoms with Crippen molar-refractivity contribution in [3.8, 4) is 0 Å². The average molecular weight is 378 g/mol. The molecule has 2 heteroatoms. The van der Waals surface area contributed by atoms with Gasteiger partial charge in [0.1, 0.15) is 6.61 Å². The summed E-state index contributed by atoms with van der Waals surface area (Å²) in [6.45, 7) is 0.276. The van der Waals surface area contributed by atoms with Crippen LogP contribution in [0.5, 0.6) is 0 Å². The van der Waals surface area contributed by atoms with E-state index in [0.717, 1.165) is 11.1 Å². The van der Waals surface area contributed by atoms with Gasteiger partial charge in [-0.15, -0.1) is 0 Å². The van der Waals surface area contributed by atoms with Crippen LogP contribution in [0.3, 0.4) is 0 Å². The van der Waals surface area contributed by atoms with Crippen LogP contribution in [0.2, 0.25) is 0 Å². The second-order valence-electron chi connectivity index (χ2n) is 6.94.